The van der Waals surface area contributed by atoms with E-state index in [1.165, 1.54) is 107 Å². The van der Waals surface area contributed by atoms with Crippen LogP contribution in [0.5, 0.6) is 0 Å². The largest absolute Gasteiger partial charge is 0.269 e. The fraction of sp³-hybridized carbons (Fsp3) is 0.645. The van der Waals surface area contributed by atoms with Crippen molar-refractivity contribution in [3.63, 3.8) is 0 Å². The van der Waals surface area contributed by atoms with Gasteiger partial charge in [0.2, 0.25) is 0 Å². The molecular weight excluding hydrogens is 400 g/mol. The zero-order valence-corrected chi connectivity index (χ0v) is 21.0. The first kappa shape index (κ1) is 21.7. The lowest BCUT2D eigenvalue weighted by Gasteiger charge is -2.41. The minimum absolute atomic E-state index is 0.262. The van der Waals surface area contributed by atoms with Crippen molar-refractivity contribution in [3.05, 3.63) is 53.1 Å². The van der Waals surface area contributed by atoms with Crippen LogP contribution in [-0.2, 0) is 5.41 Å². The van der Waals surface area contributed by atoms with Crippen LogP contribution >= 0.6 is 0 Å². The second kappa shape index (κ2) is 8.75. The predicted octanol–water partition coefficient (Wildman–Crippen LogP) is 7.92. The number of allylic oxidation sites excluding steroid dienone is 1. The van der Waals surface area contributed by atoms with Crippen LogP contribution in [0.1, 0.15) is 119 Å². The molecule has 4 aliphatic rings. The summed E-state index contributed by atoms with van der Waals surface area (Å²) in [7, 11) is 0. The van der Waals surface area contributed by atoms with Crippen molar-refractivity contribution >= 4 is 6.20 Å². The summed E-state index contributed by atoms with van der Waals surface area (Å²) in [6.07, 6.45) is 25.0. The number of imidazole rings is 1. The third-order valence-electron chi connectivity index (χ3n) is 9.94. The molecule has 2 aromatic rings. The molecule has 3 fully saturated rings. The van der Waals surface area contributed by atoms with Gasteiger partial charge in [0.1, 0.15) is 11.4 Å². The van der Waals surface area contributed by atoms with Gasteiger partial charge in [-0.15, -0.1) is 0 Å². The summed E-state index contributed by atoms with van der Waals surface area (Å²) in [5, 5.41) is 0. The summed E-state index contributed by atoms with van der Waals surface area (Å²) in [5.74, 6) is 3.92. The van der Waals surface area contributed by atoms with Crippen LogP contribution in [0.15, 0.2) is 30.3 Å². The molecule has 1 unspecified atom stereocenters. The maximum atomic E-state index is 2.74. The molecule has 0 radical (unpaired) electrons. The molecule has 0 spiro atoms. The average Bonchev–Trinajstić information content (AvgIpc) is 3.58. The lowest BCUT2D eigenvalue weighted by atomic mass is 9.60. The SMILES string of the molecule is Cc1ccccc1-n1c(C)c2[n+](c1C1CCCCC1)C=CC2(C1CCCCC1)C1CCCC1. The summed E-state index contributed by atoms with van der Waals surface area (Å²) in [5.41, 5.74) is 6.30. The Morgan fingerprint density at radius 1 is 0.758 bits per heavy atom. The van der Waals surface area contributed by atoms with Crippen molar-refractivity contribution in [2.24, 2.45) is 11.8 Å². The Morgan fingerprint density at radius 3 is 1.97 bits per heavy atom. The van der Waals surface area contributed by atoms with E-state index < -0.39 is 0 Å². The fourth-order valence-corrected chi connectivity index (χ4v) is 8.46. The Labute approximate surface area is 201 Å². The molecule has 0 saturated heterocycles. The molecular formula is C31H43N2+. The topological polar surface area (TPSA) is 8.81 Å². The zero-order valence-electron chi connectivity index (χ0n) is 21.0. The molecule has 1 aromatic carbocycles. The van der Waals surface area contributed by atoms with Crippen molar-refractivity contribution in [2.75, 3.05) is 0 Å². The van der Waals surface area contributed by atoms with Crippen LogP contribution in [0.3, 0.4) is 0 Å². The number of benzene rings is 1. The number of hydrogen-bond donors (Lipinski definition) is 0. The van der Waals surface area contributed by atoms with Crippen molar-refractivity contribution in [3.8, 4) is 5.69 Å². The predicted molar refractivity (Wildman–Crippen MR) is 137 cm³/mol. The van der Waals surface area contributed by atoms with Gasteiger partial charge >= 0.3 is 0 Å². The van der Waals surface area contributed by atoms with Crippen LogP contribution in [0.4, 0.5) is 0 Å². The Morgan fingerprint density at radius 2 is 1.33 bits per heavy atom. The molecule has 2 heterocycles. The number of aromatic nitrogens is 2. The Bertz CT molecular complexity index is 1030. The molecule has 6 rings (SSSR count). The van der Waals surface area contributed by atoms with E-state index in [0.29, 0.717) is 5.92 Å². The summed E-state index contributed by atoms with van der Waals surface area (Å²) >= 11 is 0. The van der Waals surface area contributed by atoms with E-state index >= 15 is 0 Å². The molecule has 1 aromatic heterocycles. The van der Waals surface area contributed by atoms with Gasteiger partial charge in [0.15, 0.2) is 5.69 Å². The number of para-hydroxylation sites is 1. The van der Waals surface area contributed by atoms with Crippen LogP contribution in [0.25, 0.3) is 11.9 Å². The minimum Gasteiger partial charge on any atom is -0.202 e. The molecule has 1 atom stereocenters. The Hall–Kier alpha value is -1.83. The highest BCUT2D eigenvalue weighted by molar-refractivity contribution is 5.48. The van der Waals surface area contributed by atoms with Crippen LogP contribution in [0.2, 0.25) is 0 Å². The highest BCUT2D eigenvalue weighted by Crippen LogP contribution is 2.54. The molecule has 3 saturated carbocycles. The zero-order chi connectivity index (χ0) is 22.4. The maximum absolute atomic E-state index is 2.74. The number of hydrogen-bond acceptors (Lipinski definition) is 0. The van der Waals surface area contributed by atoms with E-state index in [4.69, 9.17) is 0 Å². The van der Waals surface area contributed by atoms with Crippen molar-refractivity contribution < 1.29 is 4.57 Å². The number of rotatable bonds is 4. The second-order valence-electron chi connectivity index (χ2n) is 11.7. The first-order chi connectivity index (χ1) is 16.2. The molecule has 2 heteroatoms. The van der Waals surface area contributed by atoms with E-state index in [9.17, 15) is 0 Å². The molecule has 3 aliphatic carbocycles. The van der Waals surface area contributed by atoms with Gasteiger partial charge in [-0.1, -0.05) is 69.6 Å². The molecule has 0 amide bonds. The fourth-order valence-electron chi connectivity index (χ4n) is 8.46. The quantitative estimate of drug-likeness (QED) is 0.424. The van der Waals surface area contributed by atoms with Gasteiger partial charge in [0.25, 0.3) is 5.82 Å². The molecule has 0 bridgehead atoms. The summed E-state index contributed by atoms with van der Waals surface area (Å²) in [6.45, 7) is 4.76. The molecule has 2 nitrogen and oxygen atoms in total. The van der Waals surface area contributed by atoms with Crippen molar-refractivity contribution in [1.29, 1.82) is 0 Å². The first-order valence-electron chi connectivity index (χ1n) is 14.1. The van der Waals surface area contributed by atoms with Gasteiger partial charge in [-0.2, -0.15) is 4.57 Å². The van der Waals surface area contributed by atoms with Crippen LogP contribution < -0.4 is 4.57 Å². The van der Waals surface area contributed by atoms with Gasteiger partial charge < -0.3 is 0 Å². The standard InChI is InChI=1S/C31H43N2/c1-23-13-9-12-20-28(23)33-24(2)29-31(27-18-10-11-19-27,26-16-7-4-8-17-26)21-22-32(29)30(33)25-14-5-3-6-15-25/h9,12-13,20-22,25-27H,3-8,10-11,14-19H2,1-2H3/q+1. The van der Waals surface area contributed by atoms with Crippen LogP contribution in [-0.4, -0.2) is 4.57 Å². The third-order valence-corrected chi connectivity index (χ3v) is 9.94. The second-order valence-corrected chi connectivity index (χ2v) is 11.7. The Kier molecular flexibility index (Phi) is 5.75. The van der Waals surface area contributed by atoms with Gasteiger partial charge in [-0.25, -0.2) is 4.57 Å². The lowest BCUT2D eigenvalue weighted by molar-refractivity contribution is -0.586. The lowest BCUT2D eigenvalue weighted by Crippen LogP contribution is -2.45. The van der Waals surface area contributed by atoms with Crippen LogP contribution in [0, 0.1) is 25.7 Å². The van der Waals surface area contributed by atoms with Crippen molar-refractivity contribution in [1.82, 2.24) is 4.57 Å². The van der Waals surface area contributed by atoms with E-state index in [-0.39, 0.29) is 5.41 Å². The number of nitrogens with zero attached hydrogens (tertiary/aromatic N) is 2. The van der Waals surface area contributed by atoms with E-state index in [1.807, 2.05) is 0 Å². The Balaban J connectivity index is 1.59. The van der Waals surface area contributed by atoms with Crippen molar-refractivity contribution in [2.45, 2.75) is 115 Å². The molecule has 1 aliphatic heterocycles. The third kappa shape index (κ3) is 3.38. The molecule has 176 valence electrons. The van der Waals surface area contributed by atoms with E-state index in [0.717, 1.165) is 11.8 Å². The molecule has 0 N–H and O–H groups in total. The highest BCUT2D eigenvalue weighted by atomic mass is 15.2. The van der Waals surface area contributed by atoms with E-state index in [1.54, 1.807) is 11.5 Å². The number of aryl methyl sites for hydroxylation is 1. The van der Waals surface area contributed by atoms with Gasteiger partial charge in [-0.05, 0) is 75.0 Å². The summed E-state index contributed by atoms with van der Waals surface area (Å²) in [4.78, 5) is 0. The van der Waals surface area contributed by atoms with E-state index in [2.05, 4.69) is 59.5 Å². The van der Waals surface area contributed by atoms with Gasteiger partial charge in [-0.3, -0.25) is 0 Å². The normalized spacial score (nSPS) is 26.8. The number of fused-ring (bicyclic) bond motifs is 1. The summed E-state index contributed by atoms with van der Waals surface area (Å²) < 4.78 is 5.46. The summed E-state index contributed by atoms with van der Waals surface area (Å²) in [6, 6.07) is 9.11. The maximum Gasteiger partial charge on any atom is 0.269 e. The molecule has 33 heavy (non-hydrogen) atoms. The first-order valence-corrected chi connectivity index (χ1v) is 14.1. The monoisotopic (exact) mass is 443 g/mol. The average molecular weight is 444 g/mol. The van der Waals surface area contributed by atoms with Gasteiger partial charge in [0, 0.05) is 6.92 Å². The van der Waals surface area contributed by atoms with Gasteiger partial charge in [0.05, 0.1) is 17.5 Å². The smallest absolute Gasteiger partial charge is 0.202 e. The minimum atomic E-state index is 0.262. The highest BCUT2D eigenvalue weighted by Gasteiger charge is 2.55.